The minimum Gasteiger partial charge on any atom is -0.474 e. The summed E-state index contributed by atoms with van der Waals surface area (Å²) in [5, 5.41) is 3.40. The zero-order chi connectivity index (χ0) is 12.8. The van der Waals surface area contributed by atoms with Gasteiger partial charge in [-0.1, -0.05) is 6.92 Å². The number of rotatable bonds is 6. The van der Waals surface area contributed by atoms with Crippen LogP contribution in [0.25, 0.3) is 0 Å². The van der Waals surface area contributed by atoms with Crippen LogP contribution in [-0.4, -0.2) is 17.6 Å². The minimum absolute atomic E-state index is 0.364. The van der Waals surface area contributed by atoms with E-state index in [-0.39, 0.29) is 0 Å². The number of halogens is 1. The molecule has 0 amide bonds. The Bertz CT molecular complexity index is 378. The molecule has 100 valence electrons. The molecule has 0 radical (unpaired) electrons. The maximum absolute atomic E-state index is 6.02. The number of pyridine rings is 1. The fraction of sp³-hybridized carbons (Fsp3) is 0.643. The Hall–Kier alpha value is -0.610. The Balaban J connectivity index is 2.02. The van der Waals surface area contributed by atoms with Crippen LogP contribution in [-0.2, 0) is 6.54 Å². The number of hydrogen-bond acceptors (Lipinski definition) is 3. The Morgan fingerprint density at radius 1 is 1.44 bits per heavy atom. The maximum atomic E-state index is 6.02. The summed E-state index contributed by atoms with van der Waals surface area (Å²) in [7, 11) is 0. The molecule has 0 atom stereocenters. The Kier molecular flexibility index (Phi) is 5.45. The molecule has 2 rings (SSSR count). The summed E-state index contributed by atoms with van der Waals surface area (Å²) < 4.78 is 7.03. The monoisotopic (exact) mass is 312 g/mol. The lowest BCUT2D eigenvalue weighted by molar-refractivity contribution is 0.199. The van der Waals surface area contributed by atoms with Crippen molar-refractivity contribution in [1.29, 1.82) is 0 Å². The molecule has 18 heavy (non-hydrogen) atoms. The third kappa shape index (κ3) is 3.95. The fourth-order valence-corrected chi connectivity index (χ4v) is 2.64. The van der Waals surface area contributed by atoms with Crippen molar-refractivity contribution in [3.05, 3.63) is 22.3 Å². The molecule has 1 fully saturated rings. The van der Waals surface area contributed by atoms with E-state index in [4.69, 9.17) is 4.74 Å². The van der Waals surface area contributed by atoms with E-state index in [0.29, 0.717) is 6.10 Å². The highest BCUT2D eigenvalue weighted by Gasteiger charge is 2.18. The minimum atomic E-state index is 0.364. The van der Waals surface area contributed by atoms with Gasteiger partial charge in [0.2, 0.25) is 5.88 Å². The van der Waals surface area contributed by atoms with Gasteiger partial charge in [0.15, 0.2) is 0 Å². The van der Waals surface area contributed by atoms with E-state index in [0.717, 1.165) is 35.4 Å². The van der Waals surface area contributed by atoms with Gasteiger partial charge < -0.3 is 10.1 Å². The van der Waals surface area contributed by atoms with Crippen molar-refractivity contribution in [2.24, 2.45) is 0 Å². The van der Waals surface area contributed by atoms with E-state index >= 15 is 0 Å². The van der Waals surface area contributed by atoms with Gasteiger partial charge in [0.05, 0.1) is 0 Å². The van der Waals surface area contributed by atoms with Gasteiger partial charge in [-0.05, 0) is 60.6 Å². The first-order chi connectivity index (χ1) is 8.79. The van der Waals surface area contributed by atoms with Crippen LogP contribution < -0.4 is 10.1 Å². The van der Waals surface area contributed by atoms with Crippen LogP contribution in [0.5, 0.6) is 5.88 Å². The molecule has 1 aromatic rings. The molecule has 1 aliphatic carbocycles. The third-order valence-corrected chi connectivity index (χ3v) is 3.65. The fourth-order valence-electron chi connectivity index (χ4n) is 2.27. The number of ether oxygens (including phenoxy) is 1. The molecule has 0 unspecified atom stereocenters. The van der Waals surface area contributed by atoms with Crippen LogP contribution in [0.3, 0.4) is 0 Å². The van der Waals surface area contributed by atoms with Gasteiger partial charge in [-0.15, -0.1) is 0 Å². The lowest BCUT2D eigenvalue weighted by Gasteiger charge is -2.15. The standard InChI is InChI=1S/C14H21BrN2O/c1-2-7-16-9-11-8-12(15)10-17-14(11)18-13-5-3-4-6-13/h8,10,13,16H,2-7,9H2,1H3. The summed E-state index contributed by atoms with van der Waals surface area (Å²) in [6, 6.07) is 2.10. The highest BCUT2D eigenvalue weighted by molar-refractivity contribution is 9.10. The van der Waals surface area contributed by atoms with E-state index in [9.17, 15) is 0 Å². The second-order valence-electron chi connectivity index (χ2n) is 4.82. The summed E-state index contributed by atoms with van der Waals surface area (Å²) in [5.74, 6) is 0.800. The molecule has 1 saturated carbocycles. The summed E-state index contributed by atoms with van der Waals surface area (Å²) >= 11 is 3.47. The van der Waals surface area contributed by atoms with E-state index in [1.807, 2.05) is 6.20 Å². The predicted molar refractivity (Wildman–Crippen MR) is 76.8 cm³/mol. The summed E-state index contributed by atoms with van der Waals surface area (Å²) in [4.78, 5) is 4.41. The van der Waals surface area contributed by atoms with Crippen LogP contribution in [0.1, 0.15) is 44.6 Å². The zero-order valence-corrected chi connectivity index (χ0v) is 12.5. The molecule has 0 spiro atoms. The predicted octanol–water partition coefficient (Wildman–Crippen LogP) is 3.67. The molecule has 1 N–H and O–H groups in total. The average molecular weight is 313 g/mol. The van der Waals surface area contributed by atoms with Crippen molar-refractivity contribution in [3.8, 4) is 5.88 Å². The van der Waals surface area contributed by atoms with E-state index in [1.165, 1.54) is 25.7 Å². The highest BCUT2D eigenvalue weighted by atomic mass is 79.9. The van der Waals surface area contributed by atoms with E-state index in [2.05, 4.69) is 39.2 Å². The normalized spacial score (nSPS) is 16.1. The molecule has 0 bridgehead atoms. The Morgan fingerprint density at radius 2 is 2.22 bits per heavy atom. The summed E-state index contributed by atoms with van der Waals surface area (Å²) in [6.45, 7) is 4.01. The lowest BCUT2D eigenvalue weighted by Crippen LogP contribution is -2.18. The maximum Gasteiger partial charge on any atom is 0.218 e. The molecule has 0 saturated heterocycles. The number of aromatic nitrogens is 1. The van der Waals surface area contributed by atoms with E-state index in [1.54, 1.807) is 0 Å². The van der Waals surface area contributed by atoms with E-state index < -0.39 is 0 Å². The zero-order valence-electron chi connectivity index (χ0n) is 10.9. The molecule has 1 aliphatic rings. The van der Waals surface area contributed by atoms with Crippen molar-refractivity contribution < 1.29 is 4.74 Å². The smallest absolute Gasteiger partial charge is 0.218 e. The second-order valence-corrected chi connectivity index (χ2v) is 5.73. The topological polar surface area (TPSA) is 34.2 Å². The van der Waals surface area contributed by atoms with Crippen molar-refractivity contribution >= 4 is 15.9 Å². The van der Waals surface area contributed by atoms with Crippen LogP contribution >= 0.6 is 15.9 Å². The highest BCUT2D eigenvalue weighted by Crippen LogP contribution is 2.26. The van der Waals surface area contributed by atoms with Crippen LogP contribution in [0, 0.1) is 0 Å². The molecular formula is C14H21BrN2O. The SMILES string of the molecule is CCCNCc1cc(Br)cnc1OC1CCCC1. The third-order valence-electron chi connectivity index (χ3n) is 3.21. The van der Waals surface area contributed by atoms with Gasteiger partial charge >= 0.3 is 0 Å². The largest absolute Gasteiger partial charge is 0.474 e. The molecule has 1 aromatic heterocycles. The lowest BCUT2D eigenvalue weighted by atomic mass is 10.2. The quantitative estimate of drug-likeness (QED) is 0.814. The first-order valence-electron chi connectivity index (χ1n) is 6.81. The first-order valence-corrected chi connectivity index (χ1v) is 7.60. The number of nitrogens with zero attached hydrogens (tertiary/aromatic N) is 1. The van der Waals surface area contributed by atoms with Gasteiger partial charge in [0, 0.05) is 22.8 Å². The molecule has 0 aromatic carbocycles. The molecule has 3 nitrogen and oxygen atoms in total. The van der Waals surface area contributed by atoms with Crippen molar-refractivity contribution in [2.75, 3.05) is 6.54 Å². The Morgan fingerprint density at radius 3 is 2.94 bits per heavy atom. The van der Waals surface area contributed by atoms with Crippen LogP contribution in [0.15, 0.2) is 16.7 Å². The van der Waals surface area contributed by atoms with Crippen LogP contribution in [0.2, 0.25) is 0 Å². The molecule has 4 heteroatoms. The van der Waals surface area contributed by atoms with Crippen molar-refractivity contribution in [3.63, 3.8) is 0 Å². The summed E-state index contributed by atoms with van der Waals surface area (Å²) in [6.07, 6.45) is 8.21. The van der Waals surface area contributed by atoms with Gasteiger partial charge in [-0.25, -0.2) is 4.98 Å². The molecular weight excluding hydrogens is 292 g/mol. The first kappa shape index (κ1) is 13.8. The summed E-state index contributed by atoms with van der Waals surface area (Å²) in [5.41, 5.74) is 1.14. The molecule has 0 aliphatic heterocycles. The second kappa shape index (κ2) is 7.10. The van der Waals surface area contributed by atoms with Crippen molar-refractivity contribution in [1.82, 2.24) is 10.3 Å². The number of nitrogens with one attached hydrogen (secondary N) is 1. The van der Waals surface area contributed by atoms with Crippen molar-refractivity contribution in [2.45, 2.75) is 51.7 Å². The Labute approximate surface area is 117 Å². The average Bonchev–Trinajstić information content (AvgIpc) is 2.86. The van der Waals surface area contributed by atoms with Crippen LogP contribution in [0.4, 0.5) is 0 Å². The molecule has 1 heterocycles. The van der Waals surface area contributed by atoms with Gasteiger partial charge in [0.1, 0.15) is 6.10 Å². The number of hydrogen-bond donors (Lipinski definition) is 1. The van der Waals surface area contributed by atoms with Gasteiger partial charge in [0.25, 0.3) is 0 Å². The van der Waals surface area contributed by atoms with Gasteiger partial charge in [-0.2, -0.15) is 0 Å². The van der Waals surface area contributed by atoms with Gasteiger partial charge in [-0.3, -0.25) is 0 Å².